The van der Waals surface area contributed by atoms with Crippen LogP contribution >= 0.6 is 0 Å². The number of benzene rings is 2. The summed E-state index contributed by atoms with van der Waals surface area (Å²) >= 11 is 0. The van der Waals surface area contributed by atoms with Crippen molar-refractivity contribution in [1.29, 1.82) is 0 Å². The van der Waals surface area contributed by atoms with E-state index in [1.54, 1.807) is 7.05 Å². The molecule has 7 nitrogen and oxygen atoms in total. The van der Waals surface area contributed by atoms with E-state index in [2.05, 4.69) is 15.3 Å². The van der Waals surface area contributed by atoms with Crippen molar-refractivity contribution in [1.82, 2.24) is 14.3 Å². The van der Waals surface area contributed by atoms with Crippen LogP contribution in [-0.2, 0) is 10.0 Å². The molecule has 2 aromatic carbocycles. The Morgan fingerprint density at radius 2 is 1.87 bits per heavy atom. The molecule has 4 rings (SSSR count). The number of anilines is 1. The maximum Gasteiger partial charge on any atom is 0.255 e. The summed E-state index contributed by atoms with van der Waals surface area (Å²) in [5.74, 6) is 1.23. The first-order chi connectivity index (χ1) is 14.3. The molecule has 0 atom stereocenters. The molecule has 1 fully saturated rings. The summed E-state index contributed by atoms with van der Waals surface area (Å²) in [5.41, 5.74) is 2.83. The Hall–Kier alpha value is -2.71. The van der Waals surface area contributed by atoms with Gasteiger partial charge in [0.15, 0.2) is 0 Å². The maximum atomic E-state index is 12.6. The first-order valence-electron chi connectivity index (χ1n) is 10.1. The van der Waals surface area contributed by atoms with Gasteiger partial charge in [-0.1, -0.05) is 6.42 Å². The number of amides is 1. The predicted molar refractivity (Wildman–Crippen MR) is 117 cm³/mol. The quantitative estimate of drug-likeness (QED) is 0.620. The molecule has 2 N–H and O–H groups in total. The third-order valence-corrected chi connectivity index (χ3v) is 7.82. The number of fused-ring (bicyclic) bond motifs is 1. The Morgan fingerprint density at radius 1 is 1.17 bits per heavy atom. The molecule has 0 radical (unpaired) electrons. The molecular weight excluding hydrogens is 400 g/mol. The van der Waals surface area contributed by atoms with Crippen LogP contribution < -0.4 is 5.32 Å². The Balaban J connectivity index is 1.49. The van der Waals surface area contributed by atoms with Crippen LogP contribution in [0.4, 0.5) is 5.69 Å². The zero-order valence-electron chi connectivity index (χ0n) is 17.3. The largest absolute Gasteiger partial charge is 0.342 e. The topological polar surface area (TPSA) is 95.2 Å². The molecule has 0 aliphatic heterocycles. The van der Waals surface area contributed by atoms with Crippen molar-refractivity contribution < 1.29 is 13.2 Å². The first kappa shape index (κ1) is 20.6. The van der Waals surface area contributed by atoms with Crippen molar-refractivity contribution in [2.24, 2.45) is 0 Å². The van der Waals surface area contributed by atoms with Gasteiger partial charge in [0.1, 0.15) is 5.82 Å². The number of sulfonamides is 1. The fourth-order valence-electron chi connectivity index (χ4n) is 3.41. The predicted octanol–water partition coefficient (Wildman–Crippen LogP) is 4.11. The average molecular weight is 427 g/mol. The van der Waals surface area contributed by atoms with Gasteiger partial charge in [0.05, 0.1) is 15.9 Å². The SMILES string of the molecule is CC(C)N(C)S(=O)(=O)c1ccc(C(=O)Nc2ccc3nc(C4CCC4)[nH]c3c2)cc1. The molecule has 1 heterocycles. The van der Waals surface area contributed by atoms with Crippen LogP contribution in [0, 0.1) is 0 Å². The molecule has 3 aromatic rings. The molecular formula is C22H26N4O3S. The van der Waals surface area contributed by atoms with Gasteiger partial charge in [0.25, 0.3) is 5.91 Å². The van der Waals surface area contributed by atoms with Crippen molar-refractivity contribution in [2.75, 3.05) is 12.4 Å². The highest BCUT2D eigenvalue weighted by Gasteiger charge is 2.24. The van der Waals surface area contributed by atoms with Crippen LogP contribution in [-0.4, -0.2) is 41.7 Å². The van der Waals surface area contributed by atoms with Crippen molar-refractivity contribution in [3.63, 3.8) is 0 Å². The van der Waals surface area contributed by atoms with Crippen molar-refractivity contribution in [3.05, 3.63) is 53.9 Å². The fraction of sp³-hybridized carbons (Fsp3) is 0.364. The molecule has 1 aliphatic carbocycles. The van der Waals surface area contributed by atoms with E-state index in [0.29, 0.717) is 17.2 Å². The molecule has 1 aromatic heterocycles. The lowest BCUT2D eigenvalue weighted by Gasteiger charge is -2.22. The van der Waals surface area contributed by atoms with E-state index < -0.39 is 10.0 Å². The number of imidazole rings is 1. The second-order valence-electron chi connectivity index (χ2n) is 8.08. The van der Waals surface area contributed by atoms with Gasteiger partial charge < -0.3 is 10.3 Å². The van der Waals surface area contributed by atoms with Gasteiger partial charge >= 0.3 is 0 Å². The minimum atomic E-state index is -3.58. The van der Waals surface area contributed by atoms with Crippen LogP contribution in [0.5, 0.6) is 0 Å². The fourth-order valence-corrected chi connectivity index (χ4v) is 4.78. The number of hydrogen-bond donors (Lipinski definition) is 2. The van der Waals surface area contributed by atoms with Gasteiger partial charge in [0.2, 0.25) is 10.0 Å². The number of carbonyl (C=O) groups is 1. The van der Waals surface area contributed by atoms with E-state index in [1.165, 1.54) is 47.8 Å². The van der Waals surface area contributed by atoms with Crippen LogP contribution in [0.25, 0.3) is 11.0 Å². The third-order valence-electron chi connectivity index (χ3n) is 5.77. The van der Waals surface area contributed by atoms with E-state index in [0.717, 1.165) is 16.9 Å². The van der Waals surface area contributed by atoms with Gasteiger partial charge in [-0.25, -0.2) is 13.4 Å². The van der Waals surface area contributed by atoms with Gasteiger partial charge in [0, 0.05) is 30.3 Å². The van der Waals surface area contributed by atoms with Crippen molar-refractivity contribution >= 4 is 32.7 Å². The van der Waals surface area contributed by atoms with E-state index in [9.17, 15) is 13.2 Å². The molecule has 0 bridgehead atoms. The molecule has 0 unspecified atom stereocenters. The molecule has 0 saturated heterocycles. The minimum absolute atomic E-state index is 0.153. The van der Waals surface area contributed by atoms with Crippen LogP contribution in [0.2, 0.25) is 0 Å². The van der Waals surface area contributed by atoms with Gasteiger partial charge in [-0.15, -0.1) is 0 Å². The van der Waals surface area contributed by atoms with E-state index in [4.69, 9.17) is 0 Å². The summed E-state index contributed by atoms with van der Waals surface area (Å²) in [5, 5.41) is 2.87. The van der Waals surface area contributed by atoms with E-state index in [-0.39, 0.29) is 16.8 Å². The first-order valence-corrected chi connectivity index (χ1v) is 11.6. The molecule has 30 heavy (non-hydrogen) atoms. The van der Waals surface area contributed by atoms with Gasteiger partial charge in [-0.2, -0.15) is 4.31 Å². The lowest BCUT2D eigenvalue weighted by Crippen LogP contribution is -2.33. The highest BCUT2D eigenvalue weighted by atomic mass is 32.2. The van der Waals surface area contributed by atoms with Gasteiger partial charge in [-0.3, -0.25) is 4.79 Å². The highest BCUT2D eigenvalue weighted by Crippen LogP contribution is 2.35. The van der Waals surface area contributed by atoms with Crippen molar-refractivity contribution in [3.8, 4) is 0 Å². The Kier molecular flexibility index (Phi) is 5.38. The molecule has 1 saturated carbocycles. The summed E-state index contributed by atoms with van der Waals surface area (Å²) in [6, 6.07) is 11.4. The normalized spacial score (nSPS) is 15.0. The molecule has 1 aliphatic rings. The number of H-pyrrole nitrogens is 1. The van der Waals surface area contributed by atoms with Crippen LogP contribution in [0.3, 0.4) is 0 Å². The van der Waals surface area contributed by atoms with Crippen LogP contribution in [0.15, 0.2) is 47.4 Å². The molecule has 1 amide bonds. The second-order valence-corrected chi connectivity index (χ2v) is 10.1. The summed E-state index contributed by atoms with van der Waals surface area (Å²) in [6.07, 6.45) is 3.58. The summed E-state index contributed by atoms with van der Waals surface area (Å²) < 4.78 is 26.4. The van der Waals surface area contributed by atoms with E-state index >= 15 is 0 Å². The number of hydrogen-bond acceptors (Lipinski definition) is 4. The van der Waals surface area contributed by atoms with Crippen molar-refractivity contribution in [2.45, 2.75) is 50.0 Å². The number of rotatable bonds is 6. The maximum absolute atomic E-state index is 12.6. The third kappa shape index (κ3) is 3.85. The lowest BCUT2D eigenvalue weighted by atomic mass is 9.85. The molecule has 158 valence electrons. The standard InChI is InChI=1S/C22H26N4O3S/c1-14(2)26(3)30(28,29)18-10-7-16(8-11-18)22(27)23-17-9-12-19-20(13-17)25-21(24-19)15-5-4-6-15/h7-15H,4-6H2,1-3H3,(H,23,27)(H,24,25). The number of nitrogens with zero attached hydrogens (tertiary/aromatic N) is 2. The minimum Gasteiger partial charge on any atom is -0.342 e. The smallest absolute Gasteiger partial charge is 0.255 e. The molecule has 8 heteroatoms. The number of aromatic amines is 1. The molecule has 0 spiro atoms. The Morgan fingerprint density at radius 3 is 2.47 bits per heavy atom. The zero-order chi connectivity index (χ0) is 21.5. The van der Waals surface area contributed by atoms with Gasteiger partial charge in [-0.05, 0) is 69.2 Å². The second kappa shape index (κ2) is 7.85. The highest BCUT2D eigenvalue weighted by molar-refractivity contribution is 7.89. The summed E-state index contributed by atoms with van der Waals surface area (Å²) in [7, 11) is -2.03. The Labute approximate surface area is 176 Å². The van der Waals surface area contributed by atoms with Crippen LogP contribution in [0.1, 0.15) is 55.2 Å². The lowest BCUT2D eigenvalue weighted by molar-refractivity contribution is 0.102. The summed E-state index contributed by atoms with van der Waals surface area (Å²) in [4.78, 5) is 20.8. The monoisotopic (exact) mass is 426 g/mol. The number of aromatic nitrogens is 2. The Bertz CT molecular complexity index is 1180. The zero-order valence-corrected chi connectivity index (χ0v) is 18.2. The van der Waals surface area contributed by atoms with E-state index in [1.807, 2.05) is 32.0 Å². The summed E-state index contributed by atoms with van der Waals surface area (Å²) in [6.45, 7) is 3.62. The number of carbonyl (C=O) groups excluding carboxylic acids is 1. The average Bonchev–Trinajstić information content (AvgIpc) is 3.08. The number of nitrogens with one attached hydrogen (secondary N) is 2.